The number of rotatable bonds is 7. The van der Waals surface area contributed by atoms with E-state index in [4.69, 9.17) is 14.2 Å². The molecule has 0 saturated carbocycles. The maximum atomic E-state index is 12.3. The van der Waals surface area contributed by atoms with E-state index < -0.39 is 11.0 Å². The van der Waals surface area contributed by atoms with Crippen LogP contribution in [-0.2, 0) is 23.8 Å². The summed E-state index contributed by atoms with van der Waals surface area (Å²) in [5.41, 5.74) is -1.47. The van der Waals surface area contributed by atoms with E-state index in [0.29, 0.717) is 32.0 Å². The maximum Gasteiger partial charge on any atom is 0.340 e. The molecule has 1 fully saturated rings. The van der Waals surface area contributed by atoms with E-state index in [1.807, 2.05) is 20.8 Å². The molecule has 6 nitrogen and oxygen atoms in total. The topological polar surface area (TPSA) is 77.5 Å². The lowest BCUT2D eigenvalue weighted by atomic mass is 9.79. The van der Waals surface area contributed by atoms with Crippen LogP contribution in [0.3, 0.4) is 0 Å². The van der Waals surface area contributed by atoms with Crippen molar-refractivity contribution >= 4 is 17.8 Å². The minimum atomic E-state index is -0.837. The molecule has 2 rings (SSSR count). The summed E-state index contributed by atoms with van der Waals surface area (Å²) in [7, 11) is 0. The number of carbonyl (C=O) groups excluding carboxylic acids is 2. The van der Waals surface area contributed by atoms with Crippen LogP contribution in [0, 0.1) is 11.3 Å². The third-order valence-electron chi connectivity index (χ3n) is 4.34. The molecule has 0 aromatic rings. The fourth-order valence-electron chi connectivity index (χ4n) is 2.42. The molecule has 1 saturated heterocycles. The predicted molar refractivity (Wildman–Crippen MR) is 80.5 cm³/mol. The van der Waals surface area contributed by atoms with Crippen LogP contribution in [0.5, 0.6) is 0 Å². The highest BCUT2D eigenvalue weighted by Crippen LogP contribution is 2.34. The van der Waals surface area contributed by atoms with Gasteiger partial charge in [-0.1, -0.05) is 13.8 Å². The molecule has 0 radical (unpaired) electrons. The minimum absolute atomic E-state index is 0.0587. The van der Waals surface area contributed by atoms with Crippen LogP contribution in [-0.4, -0.2) is 42.7 Å². The molecule has 0 N–H and O–H groups in total. The van der Waals surface area contributed by atoms with E-state index >= 15 is 0 Å². The van der Waals surface area contributed by atoms with Gasteiger partial charge in [-0.3, -0.25) is 4.79 Å². The molecule has 3 atom stereocenters. The Morgan fingerprint density at radius 3 is 2.64 bits per heavy atom. The summed E-state index contributed by atoms with van der Waals surface area (Å²) in [6.45, 7) is 10.2. The molecule has 0 amide bonds. The van der Waals surface area contributed by atoms with E-state index in [9.17, 15) is 9.59 Å². The number of hydrogen-bond donors (Lipinski definition) is 0. The Hall–Kier alpha value is -1.43. The van der Waals surface area contributed by atoms with Gasteiger partial charge in [0.05, 0.1) is 12.0 Å². The van der Waals surface area contributed by atoms with Crippen molar-refractivity contribution in [1.29, 1.82) is 0 Å². The third-order valence-corrected chi connectivity index (χ3v) is 4.34. The molecule has 0 aliphatic carbocycles. The van der Waals surface area contributed by atoms with Crippen molar-refractivity contribution in [3.8, 4) is 0 Å². The predicted octanol–water partition coefficient (Wildman–Crippen LogP) is 2.10. The smallest absolute Gasteiger partial charge is 0.340 e. The largest absolute Gasteiger partial charge is 0.462 e. The zero-order valence-electron chi connectivity index (χ0n) is 14.0. The van der Waals surface area contributed by atoms with Gasteiger partial charge in [0.25, 0.3) is 0 Å². The van der Waals surface area contributed by atoms with E-state index in [-0.39, 0.29) is 24.0 Å². The number of esters is 2. The van der Waals surface area contributed by atoms with Crippen LogP contribution in [0.2, 0.25) is 0 Å². The number of carbonyl (C=O) groups is 2. The number of nitrogens with zero attached hydrogens (tertiary/aromatic N) is 1. The van der Waals surface area contributed by atoms with Gasteiger partial charge in [-0.25, -0.2) is 9.79 Å². The average molecular weight is 311 g/mol. The van der Waals surface area contributed by atoms with Crippen molar-refractivity contribution in [2.75, 3.05) is 13.2 Å². The molecule has 0 aromatic heterocycles. The molecule has 2 heterocycles. The van der Waals surface area contributed by atoms with Crippen LogP contribution in [0.15, 0.2) is 4.99 Å². The lowest BCUT2D eigenvalue weighted by Gasteiger charge is -2.28. The van der Waals surface area contributed by atoms with Crippen LogP contribution < -0.4 is 0 Å². The lowest BCUT2D eigenvalue weighted by Crippen LogP contribution is -2.34. The average Bonchev–Trinajstić information content (AvgIpc) is 3.23. The molecular weight excluding hydrogens is 286 g/mol. The maximum absolute atomic E-state index is 12.3. The normalized spacial score (nSPS) is 26.7. The number of cyclic esters (lactones) is 1. The zero-order chi connectivity index (χ0) is 16.5. The van der Waals surface area contributed by atoms with E-state index in [0.717, 1.165) is 0 Å². The molecule has 124 valence electrons. The van der Waals surface area contributed by atoms with Gasteiger partial charge in [0, 0.05) is 5.92 Å². The van der Waals surface area contributed by atoms with Crippen molar-refractivity contribution in [3.63, 3.8) is 0 Å². The Bertz CT molecular complexity index is 495. The van der Waals surface area contributed by atoms with Gasteiger partial charge in [-0.15, -0.1) is 0 Å². The van der Waals surface area contributed by atoms with Crippen molar-refractivity contribution in [3.05, 3.63) is 0 Å². The number of ether oxygens (including phenoxy) is 3. The second-order valence-corrected chi connectivity index (χ2v) is 6.97. The molecular formula is C16H25NO5. The first-order valence-corrected chi connectivity index (χ1v) is 7.79. The minimum Gasteiger partial charge on any atom is -0.462 e. The Labute approximate surface area is 131 Å². The van der Waals surface area contributed by atoms with Crippen molar-refractivity contribution in [2.45, 2.75) is 59.1 Å². The van der Waals surface area contributed by atoms with Crippen LogP contribution >= 0.6 is 0 Å². The fraction of sp³-hybridized carbons (Fsp3) is 0.812. The lowest BCUT2D eigenvalue weighted by molar-refractivity contribution is -0.156. The highest BCUT2D eigenvalue weighted by Gasteiger charge is 2.42. The van der Waals surface area contributed by atoms with Crippen molar-refractivity contribution in [1.82, 2.24) is 0 Å². The zero-order valence-corrected chi connectivity index (χ0v) is 14.0. The molecule has 3 unspecified atom stereocenters. The monoisotopic (exact) mass is 311 g/mol. The second kappa shape index (κ2) is 5.99. The summed E-state index contributed by atoms with van der Waals surface area (Å²) in [4.78, 5) is 28.4. The van der Waals surface area contributed by atoms with Gasteiger partial charge in [0.1, 0.15) is 12.7 Å². The highest BCUT2D eigenvalue weighted by atomic mass is 16.6. The Kier molecular flexibility index (Phi) is 4.61. The number of epoxide rings is 1. The number of aliphatic imine (C=N–C) groups is 1. The molecule has 22 heavy (non-hydrogen) atoms. The first-order valence-electron chi connectivity index (χ1n) is 7.79. The standard InChI is InChI=1S/C16H25NO5/c1-6-16(5,14(19)21-9-11-8-20-11)7-10(2)12-17-15(3,4)13(18)22-12/h10-11H,6-9H2,1-5H3. The van der Waals surface area contributed by atoms with Crippen LogP contribution in [0.25, 0.3) is 0 Å². The van der Waals surface area contributed by atoms with Gasteiger partial charge in [-0.2, -0.15) is 0 Å². The fourth-order valence-corrected chi connectivity index (χ4v) is 2.42. The van der Waals surface area contributed by atoms with E-state index in [2.05, 4.69) is 4.99 Å². The van der Waals surface area contributed by atoms with Crippen LogP contribution in [0.4, 0.5) is 0 Å². The van der Waals surface area contributed by atoms with Crippen molar-refractivity contribution in [2.24, 2.45) is 16.3 Å². The SMILES string of the molecule is CCC(C)(CC(C)C1=NC(C)(C)C(=O)O1)C(=O)OCC1CO1. The molecule has 0 aromatic carbocycles. The van der Waals surface area contributed by atoms with E-state index in [1.54, 1.807) is 13.8 Å². The summed E-state index contributed by atoms with van der Waals surface area (Å²) < 4.78 is 15.6. The molecule has 0 spiro atoms. The van der Waals surface area contributed by atoms with Gasteiger partial charge in [-0.05, 0) is 33.6 Å². The van der Waals surface area contributed by atoms with Crippen molar-refractivity contribution < 1.29 is 23.8 Å². The second-order valence-electron chi connectivity index (χ2n) is 6.97. The van der Waals surface area contributed by atoms with Gasteiger partial charge >= 0.3 is 11.9 Å². The highest BCUT2D eigenvalue weighted by molar-refractivity contribution is 6.00. The summed E-state index contributed by atoms with van der Waals surface area (Å²) in [5.74, 6) is -0.295. The molecule has 6 heteroatoms. The van der Waals surface area contributed by atoms with Crippen LogP contribution in [0.1, 0.15) is 47.5 Å². The first kappa shape index (κ1) is 16.9. The Morgan fingerprint density at radius 1 is 1.55 bits per heavy atom. The Balaban J connectivity index is 1.98. The Morgan fingerprint density at radius 2 is 2.18 bits per heavy atom. The summed E-state index contributed by atoms with van der Waals surface area (Å²) >= 11 is 0. The molecule has 2 aliphatic rings. The van der Waals surface area contributed by atoms with Gasteiger partial charge < -0.3 is 14.2 Å². The summed E-state index contributed by atoms with van der Waals surface area (Å²) in [6.07, 6.45) is 1.23. The molecule has 0 bridgehead atoms. The quantitative estimate of drug-likeness (QED) is 0.531. The van der Waals surface area contributed by atoms with Gasteiger partial charge in [0.15, 0.2) is 11.4 Å². The number of hydrogen-bond acceptors (Lipinski definition) is 6. The van der Waals surface area contributed by atoms with E-state index in [1.165, 1.54) is 0 Å². The van der Waals surface area contributed by atoms with Gasteiger partial charge in [0.2, 0.25) is 0 Å². The first-order chi connectivity index (χ1) is 10.2. The third kappa shape index (κ3) is 3.66. The molecule has 2 aliphatic heterocycles. The summed E-state index contributed by atoms with van der Waals surface area (Å²) in [5, 5.41) is 0. The summed E-state index contributed by atoms with van der Waals surface area (Å²) in [6, 6.07) is 0.